The van der Waals surface area contributed by atoms with Crippen LogP contribution in [0.3, 0.4) is 0 Å². The predicted octanol–water partition coefficient (Wildman–Crippen LogP) is 1.41. The van der Waals surface area contributed by atoms with Gasteiger partial charge in [0.1, 0.15) is 12.4 Å². The zero-order valence-electron chi connectivity index (χ0n) is 11.7. The number of halogens is 1. The van der Waals surface area contributed by atoms with E-state index in [4.69, 9.17) is 0 Å². The van der Waals surface area contributed by atoms with E-state index < -0.39 is 23.3 Å². The van der Waals surface area contributed by atoms with Crippen LogP contribution in [0.25, 0.3) is 0 Å². The molecule has 6 nitrogen and oxygen atoms in total. The molecule has 1 amide bonds. The average Bonchev–Trinajstić information content (AvgIpc) is 2.51. The number of aromatic nitrogens is 1. The molecule has 22 heavy (non-hydrogen) atoms. The Morgan fingerprint density at radius 3 is 2.50 bits per heavy atom. The number of rotatable bonds is 4. The van der Waals surface area contributed by atoms with Crippen LogP contribution in [0.4, 0.5) is 10.1 Å². The number of methoxy groups -OCH3 is 1. The van der Waals surface area contributed by atoms with Crippen molar-refractivity contribution in [3.05, 3.63) is 64.3 Å². The number of amides is 1. The van der Waals surface area contributed by atoms with Gasteiger partial charge >= 0.3 is 5.97 Å². The van der Waals surface area contributed by atoms with E-state index in [1.165, 1.54) is 31.4 Å². The number of ether oxygens (including phenoxy) is 1. The number of hydrogen-bond acceptors (Lipinski definition) is 4. The van der Waals surface area contributed by atoms with E-state index in [9.17, 15) is 18.8 Å². The molecular formula is C15H13FN2O4. The van der Waals surface area contributed by atoms with Crippen LogP contribution in [0.15, 0.2) is 47.4 Å². The maximum atomic E-state index is 13.0. The first kappa shape index (κ1) is 15.4. The van der Waals surface area contributed by atoms with Crippen LogP contribution in [0.1, 0.15) is 10.4 Å². The maximum Gasteiger partial charge on any atom is 0.337 e. The van der Waals surface area contributed by atoms with Crippen molar-refractivity contribution < 1.29 is 18.7 Å². The van der Waals surface area contributed by atoms with E-state index in [0.29, 0.717) is 11.3 Å². The summed E-state index contributed by atoms with van der Waals surface area (Å²) < 4.78 is 18.6. The predicted molar refractivity (Wildman–Crippen MR) is 77.1 cm³/mol. The SMILES string of the molecule is COC(=O)c1ccc(NC(=O)Cn2cc(F)ccc2=O)cc1. The molecule has 0 bridgehead atoms. The Labute approximate surface area is 125 Å². The highest BCUT2D eigenvalue weighted by molar-refractivity contribution is 5.92. The summed E-state index contributed by atoms with van der Waals surface area (Å²) in [7, 11) is 1.27. The van der Waals surface area contributed by atoms with Gasteiger partial charge in [-0.2, -0.15) is 0 Å². The smallest absolute Gasteiger partial charge is 0.337 e. The maximum absolute atomic E-state index is 13.0. The summed E-state index contributed by atoms with van der Waals surface area (Å²) in [6.07, 6.45) is 0.961. The third-order valence-corrected chi connectivity index (χ3v) is 2.85. The van der Waals surface area contributed by atoms with Gasteiger partial charge in [0.2, 0.25) is 5.91 Å². The van der Waals surface area contributed by atoms with Crippen molar-refractivity contribution in [1.29, 1.82) is 0 Å². The first-order valence-corrected chi connectivity index (χ1v) is 6.34. The second-order valence-corrected chi connectivity index (χ2v) is 4.43. The van der Waals surface area contributed by atoms with Gasteiger partial charge < -0.3 is 14.6 Å². The van der Waals surface area contributed by atoms with Gasteiger partial charge in [-0.3, -0.25) is 9.59 Å². The average molecular weight is 304 g/mol. The molecule has 2 rings (SSSR count). The van der Waals surface area contributed by atoms with Crippen LogP contribution in [-0.4, -0.2) is 23.6 Å². The number of carbonyl (C=O) groups is 2. The lowest BCUT2D eigenvalue weighted by Gasteiger charge is -2.08. The topological polar surface area (TPSA) is 77.4 Å². The van der Waals surface area contributed by atoms with Gasteiger partial charge in [-0.25, -0.2) is 9.18 Å². The van der Waals surface area contributed by atoms with Crippen LogP contribution >= 0.6 is 0 Å². The number of nitrogens with zero attached hydrogens (tertiary/aromatic N) is 1. The minimum atomic E-state index is -0.602. The molecule has 0 spiro atoms. The lowest BCUT2D eigenvalue weighted by atomic mass is 10.2. The van der Waals surface area contributed by atoms with Crippen LogP contribution in [0, 0.1) is 5.82 Å². The molecule has 0 aliphatic carbocycles. The Bertz CT molecular complexity index is 753. The number of hydrogen-bond donors (Lipinski definition) is 1. The molecular weight excluding hydrogens is 291 g/mol. The van der Waals surface area contributed by atoms with Crippen LogP contribution in [-0.2, 0) is 16.1 Å². The second kappa shape index (κ2) is 6.66. The molecule has 0 atom stereocenters. The summed E-state index contributed by atoms with van der Waals surface area (Å²) in [4.78, 5) is 34.6. The normalized spacial score (nSPS) is 10.1. The third-order valence-electron chi connectivity index (χ3n) is 2.85. The number of anilines is 1. The summed E-state index contributed by atoms with van der Waals surface area (Å²) in [6, 6.07) is 8.12. The molecule has 0 saturated heterocycles. The molecule has 7 heteroatoms. The molecule has 0 radical (unpaired) electrons. The van der Waals surface area contributed by atoms with Crippen molar-refractivity contribution >= 4 is 17.6 Å². The molecule has 2 aromatic rings. The van der Waals surface area contributed by atoms with Crippen molar-refractivity contribution in [2.24, 2.45) is 0 Å². The van der Waals surface area contributed by atoms with Gasteiger partial charge in [0, 0.05) is 18.0 Å². The molecule has 0 aliphatic rings. The van der Waals surface area contributed by atoms with E-state index in [-0.39, 0.29) is 6.54 Å². The summed E-state index contributed by atoms with van der Waals surface area (Å²) in [5, 5.41) is 2.55. The minimum absolute atomic E-state index is 0.310. The summed E-state index contributed by atoms with van der Waals surface area (Å²) in [5.74, 6) is -1.57. The third kappa shape index (κ3) is 3.78. The number of esters is 1. The Balaban J connectivity index is 2.04. The molecule has 1 N–H and O–H groups in total. The molecule has 0 unspecified atom stereocenters. The Morgan fingerprint density at radius 1 is 1.18 bits per heavy atom. The van der Waals surface area contributed by atoms with Crippen LogP contribution in [0.5, 0.6) is 0 Å². The van der Waals surface area contributed by atoms with Crippen molar-refractivity contribution in [2.45, 2.75) is 6.54 Å². The summed E-state index contributed by atoms with van der Waals surface area (Å²) in [6.45, 7) is -0.310. The van der Waals surface area contributed by atoms with E-state index in [0.717, 1.165) is 22.9 Å². The van der Waals surface area contributed by atoms with Gasteiger partial charge in [-0.05, 0) is 30.3 Å². The molecule has 0 aliphatic heterocycles. The summed E-state index contributed by atoms with van der Waals surface area (Å²) in [5.41, 5.74) is 0.321. The van der Waals surface area contributed by atoms with E-state index in [1.807, 2.05) is 0 Å². The fourth-order valence-electron chi connectivity index (χ4n) is 1.79. The Morgan fingerprint density at radius 2 is 1.86 bits per heavy atom. The standard InChI is InChI=1S/C15H13FN2O4/c1-22-15(21)10-2-5-12(6-3-10)17-13(19)9-18-8-11(16)4-7-14(18)20/h2-8H,9H2,1H3,(H,17,19). The number of carbonyl (C=O) groups excluding carboxylic acids is 2. The highest BCUT2D eigenvalue weighted by Gasteiger charge is 2.08. The number of benzene rings is 1. The molecule has 1 aromatic heterocycles. The molecule has 114 valence electrons. The van der Waals surface area contributed by atoms with E-state index >= 15 is 0 Å². The first-order valence-electron chi connectivity index (χ1n) is 6.34. The van der Waals surface area contributed by atoms with Crippen LogP contribution < -0.4 is 10.9 Å². The largest absolute Gasteiger partial charge is 0.465 e. The molecule has 1 aromatic carbocycles. The lowest BCUT2D eigenvalue weighted by Crippen LogP contribution is -2.27. The monoisotopic (exact) mass is 304 g/mol. The molecule has 0 fully saturated rings. The summed E-state index contributed by atoms with van der Waals surface area (Å²) >= 11 is 0. The van der Waals surface area contributed by atoms with E-state index in [1.54, 1.807) is 0 Å². The number of pyridine rings is 1. The van der Waals surface area contributed by atoms with E-state index in [2.05, 4.69) is 10.1 Å². The zero-order chi connectivity index (χ0) is 16.1. The lowest BCUT2D eigenvalue weighted by molar-refractivity contribution is -0.116. The Kier molecular flexibility index (Phi) is 4.67. The van der Waals surface area contributed by atoms with Crippen molar-refractivity contribution in [3.63, 3.8) is 0 Å². The fourth-order valence-corrected chi connectivity index (χ4v) is 1.79. The van der Waals surface area contributed by atoms with Gasteiger partial charge in [0.25, 0.3) is 5.56 Å². The number of nitrogens with one attached hydrogen (secondary N) is 1. The highest BCUT2D eigenvalue weighted by Crippen LogP contribution is 2.10. The zero-order valence-corrected chi connectivity index (χ0v) is 11.7. The van der Waals surface area contributed by atoms with Crippen molar-refractivity contribution in [2.75, 3.05) is 12.4 Å². The quantitative estimate of drug-likeness (QED) is 0.866. The van der Waals surface area contributed by atoms with Gasteiger partial charge in [0.15, 0.2) is 0 Å². The van der Waals surface area contributed by atoms with Gasteiger partial charge in [-0.15, -0.1) is 0 Å². The molecule has 0 saturated carbocycles. The minimum Gasteiger partial charge on any atom is -0.465 e. The fraction of sp³-hybridized carbons (Fsp3) is 0.133. The Hall–Kier alpha value is -2.96. The van der Waals surface area contributed by atoms with Crippen LogP contribution in [0.2, 0.25) is 0 Å². The molecule has 1 heterocycles. The second-order valence-electron chi connectivity index (χ2n) is 4.43. The van der Waals surface area contributed by atoms with Crippen molar-refractivity contribution in [1.82, 2.24) is 4.57 Å². The van der Waals surface area contributed by atoms with Crippen molar-refractivity contribution in [3.8, 4) is 0 Å². The highest BCUT2D eigenvalue weighted by atomic mass is 19.1. The van der Waals surface area contributed by atoms with Gasteiger partial charge in [-0.1, -0.05) is 0 Å². The van der Waals surface area contributed by atoms with Gasteiger partial charge in [0.05, 0.1) is 12.7 Å². The first-order chi connectivity index (χ1) is 10.5.